The van der Waals surface area contributed by atoms with Gasteiger partial charge in [0.05, 0.1) is 0 Å². The van der Waals surface area contributed by atoms with Crippen molar-refractivity contribution in [1.29, 1.82) is 0 Å². The summed E-state index contributed by atoms with van der Waals surface area (Å²) in [7, 11) is 0. The molecule has 0 spiro atoms. The van der Waals surface area contributed by atoms with Crippen LogP contribution in [-0.4, -0.2) is 28.8 Å². The number of aliphatic carboxylic acids is 1. The van der Waals surface area contributed by atoms with Crippen LogP contribution in [0.15, 0.2) is 0 Å². The normalized spacial score (nSPS) is 30.6. The summed E-state index contributed by atoms with van der Waals surface area (Å²) < 4.78 is 12.8. The molecule has 0 aromatic rings. The van der Waals surface area contributed by atoms with Crippen molar-refractivity contribution >= 4 is 17.7 Å². The van der Waals surface area contributed by atoms with E-state index < -0.39 is 12.1 Å². The molecule has 64 valence electrons. The van der Waals surface area contributed by atoms with Crippen LogP contribution in [0.1, 0.15) is 12.8 Å². The molecule has 0 aliphatic carbocycles. The third-order valence-electron chi connectivity index (χ3n) is 1.85. The van der Waals surface area contributed by atoms with E-state index in [9.17, 15) is 9.18 Å². The summed E-state index contributed by atoms with van der Waals surface area (Å²) in [6.45, 7) is 0. The zero-order valence-electron chi connectivity index (χ0n) is 6.12. The van der Waals surface area contributed by atoms with Crippen LogP contribution in [0.4, 0.5) is 4.39 Å². The molecule has 0 saturated carbocycles. The second kappa shape index (κ2) is 3.95. The van der Waals surface area contributed by atoms with Crippen LogP contribution in [0, 0.1) is 5.92 Å². The Morgan fingerprint density at radius 3 is 2.82 bits per heavy atom. The Hall–Kier alpha value is -0.250. The number of carbonyl (C=O) groups is 1. The van der Waals surface area contributed by atoms with Gasteiger partial charge in [0.15, 0.2) is 0 Å². The second-order valence-electron chi connectivity index (χ2n) is 2.75. The van der Waals surface area contributed by atoms with Gasteiger partial charge in [0, 0.05) is 18.1 Å². The maximum atomic E-state index is 12.8. The molecule has 2 atom stereocenters. The van der Waals surface area contributed by atoms with Gasteiger partial charge in [0.2, 0.25) is 0 Å². The first-order valence-corrected chi connectivity index (χ1v) is 4.79. The number of alkyl halides is 1. The Kier molecular flexibility index (Phi) is 3.17. The van der Waals surface area contributed by atoms with Gasteiger partial charge in [-0.15, -0.1) is 0 Å². The Morgan fingerprint density at radius 1 is 1.64 bits per heavy atom. The van der Waals surface area contributed by atoms with Crippen LogP contribution < -0.4 is 0 Å². The molecule has 1 fully saturated rings. The topological polar surface area (TPSA) is 37.3 Å². The number of thioether (sulfide) groups is 1. The van der Waals surface area contributed by atoms with E-state index in [1.54, 1.807) is 11.8 Å². The predicted octanol–water partition coefficient (Wildman–Crippen LogP) is 1.55. The van der Waals surface area contributed by atoms with E-state index in [2.05, 4.69) is 0 Å². The molecule has 0 unspecified atom stereocenters. The quantitative estimate of drug-likeness (QED) is 0.712. The lowest BCUT2D eigenvalue weighted by Gasteiger charge is -2.08. The van der Waals surface area contributed by atoms with Gasteiger partial charge < -0.3 is 5.11 Å². The van der Waals surface area contributed by atoms with Crippen molar-refractivity contribution in [3.63, 3.8) is 0 Å². The summed E-state index contributed by atoms with van der Waals surface area (Å²) in [6, 6.07) is 0. The summed E-state index contributed by atoms with van der Waals surface area (Å²) in [5.41, 5.74) is 0. The molecule has 0 aromatic carbocycles. The third kappa shape index (κ3) is 2.69. The van der Waals surface area contributed by atoms with Gasteiger partial charge in [-0.05, 0) is 12.2 Å². The number of rotatable bonds is 3. The van der Waals surface area contributed by atoms with Crippen LogP contribution in [0.3, 0.4) is 0 Å². The number of halogens is 1. The van der Waals surface area contributed by atoms with Crippen molar-refractivity contribution in [3.8, 4) is 0 Å². The molecule has 0 aromatic heterocycles. The highest BCUT2D eigenvalue weighted by atomic mass is 32.2. The highest BCUT2D eigenvalue weighted by Crippen LogP contribution is 2.29. The minimum Gasteiger partial charge on any atom is -0.481 e. The van der Waals surface area contributed by atoms with Gasteiger partial charge in [-0.25, -0.2) is 4.39 Å². The lowest BCUT2D eigenvalue weighted by molar-refractivity contribution is -0.137. The molecule has 0 radical (unpaired) electrons. The van der Waals surface area contributed by atoms with Gasteiger partial charge in [0.25, 0.3) is 0 Å². The molecule has 1 heterocycles. The molecule has 1 saturated heterocycles. The van der Waals surface area contributed by atoms with Gasteiger partial charge in [0.1, 0.15) is 6.17 Å². The summed E-state index contributed by atoms with van der Waals surface area (Å²) in [6.07, 6.45) is -0.186. The maximum Gasteiger partial charge on any atom is 0.303 e. The molecule has 11 heavy (non-hydrogen) atoms. The molecule has 1 aliphatic rings. The molecule has 0 amide bonds. The van der Waals surface area contributed by atoms with E-state index in [0.717, 1.165) is 5.75 Å². The van der Waals surface area contributed by atoms with Crippen molar-refractivity contribution in [2.24, 2.45) is 5.92 Å². The van der Waals surface area contributed by atoms with E-state index in [1.807, 2.05) is 0 Å². The SMILES string of the molecule is O=C(O)CC[C@H]1CSC[C@H]1F. The average Bonchev–Trinajstić information content (AvgIpc) is 2.31. The molecular formula is C7H11FO2S. The van der Waals surface area contributed by atoms with Crippen LogP contribution in [0.2, 0.25) is 0 Å². The van der Waals surface area contributed by atoms with Crippen LogP contribution in [-0.2, 0) is 4.79 Å². The maximum absolute atomic E-state index is 12.8. The van der Waals surface area contributed by atoms with E-state index in [0.29, 0.717) is 12.2 Å². The molecule has 4 heteroatoms. The molecule has 1 N–H and O–H groups in total. The molecule has 0 bridgehead atoms. The first kappa shape index (κ1) is 8.84. The van der Waals surface area contributed by atoms with E-state index in [4.69, 9.17) is 5.11 Å². The molecule has 1 aliphatic heterocycles. The standard InChI is InChI=1S/C7H11FO2S/c8-6-4-11-3-5(6)1-2-7(9)10/h5-6H,1-4H2,(H,9,10)/t5-,6+/m0/s1. The lowest BCUT2D eigenvalue weighted by atomic mass is 10.0. The zero-order chi connectivity index (χ0) is 8.27. The van der Waals surface area contributed by atoms with Gasteiger partial charge in [-0.2, -0.15) is 11.8 Å². The Morgan fingerprint density at radius 2 is 2.36 bits per heavy atom. The van der Waals surface area contributed by atoms with Crippen LogP contribution in [0.5, 0.6) is 0 Å². The smallest absolute Gasteiger partial charge is 0.303 e. The summed E-state index contributed by atoms with van der Waals surface area (Å²) in [4.78, 5) is 10.1. The predicted molar refractivity (Wildman–Crippen MR) is 42.6 cm³/mol. The first-order chi connectivity index (χ1) is 5.20. The second-order valence-corrected chi connectivity index (χ2v) is 3.82. The van der Waals surface area contributed by atoms with E-state index in [1.165, 1.54) is 0 Å². The fraction of sp³-hybridized carbons (Fsp3) is 0.857. The van der Waals surface area contributed by atoms with Crippen molar-refractivity contribution in [2.45, 2.75) is 19.0 Å². The molecular weight excluding hydrogens is 167 g/mol. The van der Waals surface area contributed by atoms with Gasteiger partial charge in [-0.3, -0.25) is 4.79 Å². The lowest BCUT2D eigenvalue weighted by Crippen LogP contribution is -2.14. The summed E-state index contributed by atoms with van der Waals surface area (Å²) in [5.74, 6) is 0.490. The highest BCUT2D eigenvalue weighted by molar-refractivity contribution is 7.99. The number of carboxylic acid groups (broad SMARTS) is 1. The van der Waals surface area contributed by atoms with Gasteiger partial charge in [-0.1, -0.05) is 0 Å². The number of hydrogen-bond donors (Lipinski definition) is 1. The summed E-state index contributed by atoms with van der Waals surface area (Å²) in [5, 5.41) is 8.33. The zero-order valence-corrected chi connectivity index (χ0v) is 6.94. The molecule has 1 rings (SSSR count). The highest BCUT2D eigenvalue weighted by Gasteiger charge is 2.27. The van der Waals surface area contributed by atoms with E-state index >= 15 is 0 Å². The Labute approximate surface area is 69.2 Å². The first-order valence-electron chi connectivity index (χ1n) is 3.63. The fourth-order valence-electron chi connectivity index (χ4n) is 1.15. The minimum absolute atomic E-state index is 0.0175. The monoisotopic (exact) mass is 178 g/mol. The van der Waals surface area contributed by atoms with Crippen molar-refractivity contribution < 1.29 is 14.3 Å². The summed E-state index contributed by atoms with van der Waals surface area (Å²) >= 11 is 1.57. The fourth-order valence-corrected chi connectivity index (χ4v) is 2.46. The van der Waals surface area contributed by atoms with Gasteiger partial charge >= 0.3 is 5.97 Å². The van der Waals surface area contributed by atoms with Crippen LogP contribution in [0.25, 0.3) is 0 Å². The Bertz CT molecular complexity index is 151. The minimum atomic E-state index is -0.825. The largest absolute Gasteiger partial charge is 0.481 e. The molecule has 2 nitrogen and oxygen atoms in total. The van der Waals surface area contributed by atoms with Crippen molar-refractivity contribution in [2.75, 3.05) is 11.5 Å². The average molecular weight is 178 g/mol. The third-order valence-corrected chi connectivity index (χ3v) is 3.07. The van der Waals surface area contributed by atoms with Crippen LogP contribution >= 0.6 is 11.8 Å². The van der Waals surface area contributed by atoms with E-state index in [-0.39, 0.29) is 12.3 Å². The Balaban J connectivity index is 2.20. The van der Waals surface area contributed by atoms with Crippen molar-refractivity contribution in [1.82, 2.24) is 0 Å². The number of carboxylic acids is 1. The number of hydrogen-bond acceptors (Lipinski definition) is 2. The van der Waals surface area contributed by atoms with Crippen molar-refractivity contribution in [3.05, 3.63) is 0 Å².